The van der Waals surface area contributed by atoms with E-state index in [4.69, 9.17) is 4.74 Å². The molecule has 3 fully saturated rings. The third kappa shape index (κ3) is 6.88. The van der Waals surface area contributed by atoms with Crippen LogP contribution in [0.25, 0.3) is 0 Å². The van der Waals surface area contributed by atoms with Gasteiger partial charge in [0.05, 0.1) is 23.4 Å². The Morgan fingerprint density at radius 3 is 2.50 bits per heavy atom. The molecule has 42 heavy (non-hydrogen) atoms. The molecule has 0 aliphatic heterocycles. The number of carbonyl (C=O) groups is 1. The van der Waals surface area contributed by atoms with E-state index in [1.165, 1.54) is 12.7 Å². The zero-order chi connectivity index (χ0) is 30.7. The molecule has 6 nitrogen and oxygen atoms in total. The van der Waals surface area contributed by atoms with Crippen LogP contribution in [0.15, 0.2) is 70.7 Å². The van der Waals surface area contributed by atoms with Gasteiger partial charge in [-0.25, -0.2) is 13.2 Å². The minimum atomic E-state index is -3.74. The summed E-state index contributed by atoms with van der Waals surface area (Å²) in [5, 5.41) is 10.6. The third-order valence-corrected chi connectivity index (χ3v) is 12.7. The highest BCUT2D eigenvalue weighted by Crippen LogP contribution is 2.60. The van der Waals surface area contributed by atoms with Gasteiger partial charge >= 0.3 is 6.16 Å². The Morgan fingerprint density at radius 2 is 1.83 bits per heavy atom. The van der Waals surface area contributed by atoms with Crippen LogP contribution in [-0.4, -0.2) is 44.2 Å². The topological polar surface area (TPSA) is 89.9 Å². The Hall–Kier alpha value is -2.38. The van der Waals surface area contributed by atoms with E-state index in [0.29, 0.717) is 23.7 Å². The van der Waals surface area contributed by atoms with E-state index < -0.39 is 27.3 Å². The number of hydrogen-bond donors (Lipinski definition) is 1. The standard InChI is InChI=1S/C35H50O6S/c1-23(2)21-32(36)33(42(38,39)29-12-8-7-9-13-29)25(4)30-18-19-31-26(11-10-20-35(30,31)5)15-16-27-22-28(17-14-24(27)3)41-34(37)40-6/h7-9,12-13,15-16,23,25,28,30-33,36H,3,10-11,14,17-22H2,1-2,4-6H3/t25-,28?,30+,31-,32?,33?,35+/m0/s1. The molecule has 0 amide bonds. The van der Waals surface area contributed by atoms with Crippen molar-refractivity contribution in [3.63, 3.8) is 0 Å². The van der Waals surface area contributed by atoms with Crippen LogP contribution in [-0.2, 0) is 19.3 Å². The number of ether oxygens (including phenoxy) is 2. The summed E-state index contributed by atoms with van der Waals surface area (Å²) in [4.78, 5) is 11.9. The quantitative estimate of drug-likeness (QED) is 0.291. The Balaban J connectivity index is 1.60. The fourth-order valence-electron chi connectivity index (χ4n) is 8.26. The van der Waals surface area contributed by atoms with E-state index in [1.54, 1.807) is 24.3 Å². The predicted octanol–water partition coefficient (Wildman–Crippen LogP) is 7.83. The van der Waals surface area contributed by atoms with Crippen LogP contribution in [0, 0.1) is 29.1 Å². The number of aliphatic hydroxyl groups is 1. The third-order valence-electron chi connectivity index (χ3n) is 10.3. The molecule has 3 saturated carbocycles. The van der Waals surface area contributed by atoms with Gasteiger partial charge in [-0.2, -0.15) is 0 Å². The molecule has 3 aliphatic rings. The summed E-state index contributed by atoms with van der Waals surface area (Å²) in [7, 11) is -2.41. The monoisotopic (exact) mass is 598 g/mol. The molecule has 0 heterocycles. The number of rotatable bonds is 9. The average Bonchev–Trinajstić information content (AvgIpc) is 3.30. The van der Waals surface area contributed by atoms with Gasteiger partial charge in [0.1, 0.15) is 6.10 Å². The lowest BCUT2D eigenvalue weighted by molar-refractivity contribution is 0.0320. The largest absolute Gasteiger partial charge is 0.508 e. The molecule has 1 aromatic rings. The Morgan fingerprint density at radius 1 is 1.12 bits per heavy atom. The van der Waals surface area contributed by atoms with E-state index in [0.717, 1.165) is 56.1 Å². The first-order valence-electron chi connectivity index (χ1n) is 15.7. The molecule has 0 aromatic heterocycles. The fourth-order valence-corrected chi connectivity index (χ4v) is 10.4. The van der Waals surface area contributed by atoms with Crippen molar-refractivity contribution >= 4 is 16.0 Å². The number of carbonyl (C=O) groups excluding carboxylic acids is 1. The van der Waals surface area contributed by atoms with Crippen LogP contribution in [0.2, 0.25) is 0 Å². The SMILES string of the molecule is C=C1CCC(OC(=O)OC)CC1=CC=C1CCC[C@]2(C)[C@@H]([C@H](C)C(C(O)CC(C)C)S(=O)(=O)c3ccccc3)CC[C@@H]12. The second-order valence-corrected chi connectivity index (χ2v) is 15.6. The molecule has 0 spiro atoms. The van der Waals surface area contributed by atoms with E-state index in [-0.39, 0.29) is 29.3 Å². The second-order valence-electron chi connectivity index (χ2n) is 13.4. The summed E-state index contributed by atoms with van der Waals surface area (Å²) in [5.74, 6) is 0.562. The highest BCUT2D eigenvalue weighted by Gasteiger charge is 2.54. The highest BCUT2D eigenvalue weighted by atomic mass is 32.2. The van der Waals surface area contributed by atoms with Gasteiger partial charge in [-0.05, 0) is 98.2 Å². The summed E-state index contributed by atoms with van der Waals surface area (Å²) in [6.07, 6.45) is 10.4. The van der Waals surface area contributed by atoms with Crippen LogP contribution in [0.5, 0.6) is 0 Å². The minimum absolute atomic E-state index is 0.0376. The lowest BCUT2D eigenvalue weighted by Gasteiger charge is -2.46. The van der Waals surface area contributed by atoms with E-state index >= 15 is 0 Å². The molecule has 4 rings (SSSR count). The van der Waals surface area contributed by atoms with Gasteiger partial charge in [0, 0.05) is 6.42 Å². The molecule has 232 valence electrons. The van der Waals surface area contributed by atoms with Gasteiger partial charge in [0.25, 0.3) is 0 Å². The van der Waals surface area contributed by atoms with Crippen molar-refractivity contribution in [2.45, 2.75) is 108 Å². The van der Waals surface area contributed by atoms with Crippen molar-refractivity contribution in [3.8, 4) is 0 Å². The van der Waals surface area contributed by atoms with Crippen molar-refractivity contribution in [1.82, 2.24) is 0 Å². The predicted molar refractivity (Wildman–Crippen MR) is 167 cm³/mol. The minimum Gasteiger partial charge on any atom is -0.438 e. The van der Waals surface area contributed by atoms with Gasteiger partial charge < -0.3 is 14.6 Å². The van der Waals surface area contributed by atoms with Crippen molar-refractivity contribution in [2.75, 3.05) is 7.11 Å². The molecule has 7 atom stereocenters. The Bertz CT molecular complexity index is 1280. The first-order chi connectivity index (χ1) is 19.9. The first kappa shape index (κ1) is 32.5. The zero-order valence-electron chi connectivity index (χ0n) is 26.1. The number of hydrogen-bond acceptors (Lipinski definition) is 6. The van der Waals surface area contributed by atoms with Gasteiger partial charge in [0.2, 0.25) is 0 Å². The van der Waals surface area contributed by atoms with Crippen molar-refractivity contribution < 1.29 is 27.8 Å². The molecule has 0 bridgehead atoms. The number of allylic oxidation sites excluding steroid dienone is 4. The first-order valence-corrected chi connectivity index (χ1v) is 17.2. The normalized spacial score (nSPS) is 30.6. The van der Waals surface area contributed by atoms with E-state index in [9.17, 15) is 18.3 Å². The van der Waals surface area contributed by atoms with Gasteiger partial charge in [-0.15, -0.1) is 0 Å². The van der Waals surface area contributed by atoms with Crippen LogP contribution in [0.4, 0.5) is 4.79 Å². The number of fused-ring (bicyclic) bond motifs is 1. The van der Waals surface area contributed by atoms with Gasteiger partial charge in [-0.3, -0.25) is 0 Å². The Labute approximate surface area is 253 Å². The van der Waals surface area contributed by atoms with Crippen molar-refractivity contribution in [2.24, 2.45) is 29.1 Å². The summed E-state index contributed by atoms with van der Waals surface area (Å²) in [5.41, 5.74) is 3.58. The maximum atomic E-state index is 14.1. The molecule has 3 unspecified atom stereocenters. The van der Waals surface area contributed by atoms with Crippen molar-refractivity contribution in [3.05, 3.63) is 65.8 Å². The van der Waals surface area contributed by atoms with Gasteiger partial charge in [0.15, 0.2) is 9.84 Å². The lowest BCUT2D eigenvalue weighted by atomic mass is 9.60. The zero-order valence-corrected chi connectivity index (χ0v) is 26.9. The number of benzene rings is 1. The van der Waals surface area contributed by atoms with Crippen LogP contribution in [0.1, 0.15) is 85.5 Å². The lowest BCUT2D eigenvalue weighted by Crippen LogP contribution is -2.46. The molecule has 1 N–H and O–H groups in total. The van der Waals surface area contributed by atoms with Crippen LogP contribution in [0.3, 0.4) is 0 Å². The van der Waals surface area contributed by atoms with Gasteiger partial charge in [-0.1, -0.05) is 75.8 Å². The number of aliphatic hydroxyl groups excluding tert-OH is 1. The summed E-state index contributed by atoms with van der Waals surface area (Å²) in [6.45, 7) is 12.8. The molecule has 0 saturated heterocycles. The second kappa shape index (κ2) is 13.5. The van der Waals surface area contributed by atoms with E-state index in [1.807, 2.05) is 19.9 Å². The molecular formula is C35H50O6S. The Kier molecular flexibility index (Phi) is 10.5. The average molecular weight is 599 g/mol. The van der Waals surface area contributed by atoms with E-state index in [2.05, 4.69) is 37.3 Å². The summed E-state index contributed by atoms with van der Waals surface area (Å²) in [6, 6.07) is 8.66. The molecular weight excluding hydrogens is 548 g/mol. The maximum absolute atomic E-state index is 14.1. The smallest absolute Gasteiger partial charge is 0.438 e. The summed E-state index contributed by atoms with van der Waals surface area (Å²) >= 11 is 0. The molecule has 7 heteroatoms. The maximum Gasteiger partial charge on any atom is 0.508 e. The van der Waals surface area contributed by atoms with Crippen LogP contribution < -0.4 is 0 Å². The summed E-state index contributed by atoms with van der Waals surface area (Å²) < 4.78 is 38.3. The molecule has 1 aromatic carbocycles. The number of methoxy groups -OCH3 is 1. The highest BCUT2D eigenvalue weighted by molar-refractivity contribution is 7.92. The molecule has 0 radical (unpaired) electrons. The van der Waals surface area contributed by atoms with Crippen LogP contribution >= 0.6 is 0 Å². The fraction of sp³-hybridized carbons (Fsp3) is 0.629. The van der Waals surface area contributed by atoms with Crippen molar-refractivity contribution in [1.29, 1.82) is 0 Å². The number of sulfone groups is 1. The molecule has 3 aliphatic carbocycles.